The number of carbonyl (C=O) groups excluding carboxylic acids is 1. The van der Waals surface area contributed by atoms with Gasteiger partial charge in [-0.1, -0.05) is 32.9 Å². The second-order valence-electron chi connectivity index (χ2n) is 6.75. The number of ketones is 1. The smallest absolute Gasteiger partial charge is 0.270 e. The summed E-state index contributed by atoms with van der Waals surface area (Å²) >= 11 is 0. The predicted molar refractivity (Wildman–Crippen MR) is 93.0 cm³/mol. The first-order valence-corrected chi connectivity index (χ1v) is 7.63. The zero-order valence-corrected chi connectivity index (χ0v) is 14.5. The molecule has 5 heteroatoms. The third-order valence-electron chi connectivity index (χ3n) is 3.92. The van der Waals surface area contributed by atoms with Crippen molar-refractivity contribution in [3.05, 3.63) is 68.8 Å². The standard InChI is InChI=1S/C19H21NO4/c1-12-9-17(24-5)16(19(2,3)4)11-15(12)18(21)13-7-6-8-14(10-13)20(22)23/h6-11H,1-5H3. The number of benzene rings is 2. The van der Waals surface area contributed by atoms with Crippen molar-refractivity contribution in [1.82, 2.24) is 0 Å². The maximum Gasteiger partial charge on any atom is 0.270 e. The van der Waals surface area contributed by atoms with Crippen LogP contribution in [-0.4, -0.2) is 17.8 Å². The minimum absolute atomic E-state index is 0.0944. The fourth-order valence-electron chi connectivity index (χ4n) is 2.60. The molecule has 0 aliphatic carbocycles. The lowest BCUT2D eigenvalue weighted by Crippen LogP contribution is -2.15. The quantitative estimate of drug-likeness (QED) is 0.473. The number of aryl methyl sites for hydroxylation is 1. The van der Waals surface area contributed by atoms with Crippen LogP contribution in [0.15, 0.2) is 36.4 Å². The van der Waals surface area contributed by atoms with Crippen LogP contribution >= 0.6 is 0 Å². The second-order valence-corrected chi connectivity index (χ2v) is 6.75. The van der Waals surface area contributed by atoms with Gasteiger partial charge in [-0.3, -0.25) is 14.9 Å². The summed E-state index contributed by atoms with van der Waals surface area (Å²) in [5.74, 6) is 0.500. The molecule has 0 atom stereocenters. The number of hydrogen-bond acceptors (Lipinski definition) is 4. The molecule has 0 aliphatic rings. The van der Waals surface area contributed by atoms with Gasteiger partial charge in [0.05, 0.1) is 12.0 Å². The van der Waals surface area contributed by atoms with Crippen LogP contribution in [-0.2, 0) is 5.41 Å². The lowest BCUT2D eigenvalue weighted by molar-refractivity contribution is -0.384. The van der Waals surface area contributed by atoms with E-state index in [-0.39, 0.29) is 16.9 Å². The van der Waals surface area contributed by atoms with Crippen LogP contribution in [0.5, 0.6) is 5.75 Å². The van der Waals surface area contributed by atoms with Crippen molar-refractivity contribution in [1.29, 1.82) is 0 Å². The molecular weight excluding hydrogens is 306 g/mol. The molecule has 0 unspecified atom stereocenters. The van der Waals surface area contributed by atoms with Crippen LogP contribution in [0.25, 0.3) is 0 Å². The summed E-state index contributed by atoms with van der Waals surface area (Å²) in [6.07, 6.45) is 0. The van der Waals surface area contributed by atoms with Gasteiger partial charge in [0.2, 0.25) is 0 Å². The van der Waals surface area contributed by atoms with E-state index in [9.17, 15) is 14.9 Å². The highest BCUT2D eigenvalue weighted by molar-refractivity contribution is 6.10. The number of hydrogen-bond donors (Lipinski definition) is 0. The van der Waals surface area contributed by atoms with E-state index in [0.29, 0.717) is 11.1 Å². The Morgan fingerprint density at radius 1 is 1.17 bits per heavy atom. The molecule has 0 saturated heterocycles. The third-order valence-corrected chi connectivity index (χ3v) is 3.92. The van der Waals surface area contributed by atoms with Crippen molar-refractivity contribution < 1.29 is 14.5 Å². The molecular formula is C19H21NO4. The van der Waals surface area contributed by atoms with E-state index in [4.69, 9.17) is 4.74 Å². The summed E-state index contributed by atoms with van der Waals surface area (Å²) in [6.45, 7) is 7.96. The maximum atomic E-state index is 12.9. The van der Waals surface area contributed by atoms with Crippen molar-refractivity contribution in [3.8, 4) is 5.75 Å². The molecule has 2 aromatic carbocycles. The highest BCUT2D eigenvalue weighted by Gasteiger charge is 2.23. The Balaban J connectivity index is 2.58. The largest absolute Gasteiger partial charge is 0.496 e. The Kier molecular flexibility index (Phi) is 4.73. The van der Waals surface area contributed by atoms with E-state index in [1.807, 2.05) is 39.8 Å². The van der Waals surface area contributed by atoms with E-state index in [2.05, 4.69) is 0 Å². The number of nitro benzene ring substituents is 1. The minimum Gasteiger partial charge on any atom is -0.496 e. The summed E-state index contributed by atoms with van der Waals surface area (Å²) in [7, 11) is 1.60. The van der Waals surface area contributed by atoms with Gasteiger partial charge >= 0.3 is 0 Å². The van der Waals surface area contributed by atoms with Crippen molar-refractivity contribution in [2.75, 3.05) is 7.11 Å². The van der Waals surface area contributed by atoms with Crippen molar-refractivity contribution in [2.24, 2.45) is 0 Å². The zero-order chi connectivity index (χ0) is 18.1. The Labute approximate surface area is 141 Å². The highest BCUT2D eigenvalue weighted by Crippen LogP contribution is 2.34. The molecule has 24 heavy (non-hydrogen) atoms. The zero-order valence-electron chi connectivity index (χ0n) is 14.5. The molecule has 0 bridgehead atoms. The molecule has 0 amide bonds. The molecule has 0 aliphatic heterocycles. The number of carbonyl (C=O) groups is 1. The lowest BCUT2D eigenvalue weighted by atomic mass is 9.83. The monoisotopic (exact) mass is 327 g/mol. The van der Waals surface area contributed by atoms with Crippen LogP contribution in [0, 0.1) is 17.0 Å². The molecule has 0 saturated carbocycles. The van der Waals surface area contributed by atoms with Gasteiger partial charge in [0.15, 0.2) is 5.78 Å². The van der Waals surface area contributed by atoms with Gasteiger partial charge in [0, 0.05) is 28.8 Å². The van der Waals surface area contributed by atoms with Crippen LogP contribution in [0.4, 0.5) is 5.69 Å². The molecule has 5 nitrogen and oxygen atoms in total. The van der Waals surface area contributed by atoms with Crippen LogP contribution in [0.3, 0.4) is 0 Å². The minimum atomic E-state index is -0.502. The highest BCUT2D eigenvalue weighted by atomic mass is 16.6. The number of non-ortho nitro benzene ring substituents is 1. The van der Waals surface area contributed by atoms with Crippen molar-refractivity contribution >= 4 is 11.5 Å². The van der Waals surface area contributed by atoms with Gasteiger partial charge in [0.1, 0.15) is 5.75 Å². The number of nitro groups is 1. The van der Waals surface area contributed by atoms with Crippen LogP contribution < -0.4 is 4.74 Å². The molecule has 0 radical (unpaired) electrons. The predicted octanol–water partition coefficient (Wildman–Crippen LogP) is 4.44. The number of nitrogens with zero attached hydrogens (tertiary/aromatic N) is 1. The average molecular weight is 327 g/mol. The number of methoxy groups -OCH3 is 1. The molecule has 2 rings (SSSR count). The summed E-state index contributed by atoms with van der Waals surface area (Å²) in [5.41, 5.74) is 2.24. The number of ether oxygens (including phenoxy) is 1. The van der Waals surface area contributed by atoms with Gasteiger partial charge in [-0.25, -0.2) is 0 Å². The van der Waals surface area contributed by atoms with E-state index in [1.165, 1.54) is 18.2 Å². The topological polar surface area (TPSA) is 69.4 Å². The average Bonchev–Trinajstić information content (AvgIpc) is 2.52. The van der Waals surface area contributed by atoms with E-state index < -0.39 is 4.92 Å². The Morgan fingerprint density at radius 2 is 1.83 bits per heavy atom. The van der Waals surface area contributed by atoms with Gasteiger partial charge < -0.3 is 4.74 Å². The molecule has 126 valence electrons. The maximum absolute atomic E-state index is 12.9. The van der Waals surface area contributed by atoms with Gasteiger partial charge in [-0.15, -0.1) is 0 Å². The normalized spacial score (nSPS) is 11.2. The summed E-state index contributed by atoms with van der Waals surface area (Å²) in [6, 6.07) is 9.46. The van der Waals surface area contributed by atoms with Crippen molar-refractivity contribution in [2.45, 2.75) is 33.1 Å². The first-order valence-electron chi connectivity index (χ1n) is 7.63. The summed E-state index contributed by atoms with van der Waals surface area (Å²) < 4.78 is 5.44. The Bertz CT molecular complexity index is 803. The fourth-order valence-corrected chi connectivity index (χ4v) is 2.60. The van der Waals surface area contributed by atoms with Crippen LogP contribution in [0.1, 0.15) is 47.8 Å². The first-order chi connectivity index (χ1) is 11.1. The third kappa shape index (κ3) is 3.45. The van der Waals surface area contributed by atoms with Gasteiger partial charge in [0.25, 0.3) is 5.69 Å². The van der Waals surface area contributed by atoms with E-state index >= 15 is 0 Å². The fraction of sp³-hybridized carbons (Fsp3) is 0.316. The summed E-state index contributed by atoms with van der Waals surface area (Å²) in [4.78, 5) is 23.3. The molecule has 0 heterocycles. The first kappa shape index (κ1) is 17.7. The number of rotatable bonds is 4. The van der Waals surface area contributed by atoms with Crippen LogP contribution in [0.2, 0.25) is 0 Å². The Hall–Kier alpha value is -2.69. The van der Waals surface area contributed by atoms with Gasteiger partial charge in [-0.2, -0.15) is 0 Å². The van der Waals surface area contributed by atoms with Gasteiger partial charge in [-0.05, 0) is 30.0 Å². The molecule has 0 N–H and O–H groups in total. The SMILES string of the molecule is COc1cc(C)c(C(=O)c2cccc([N+](=O)[O-])c2)cc1C(C)(C)C. The lowest BCUT2D eigenvalue weighted by Gasteiger charge is -2.23. The summed E-state index contributed by atoms with van der Waals surface area (Å²) in [5, 5.41) is 10.9. The molecule has 0 aromatic heterocycles. The molecule has 2 aromatic rings. The van der Waals surface area contributed by atoms with E-state index in [1.54, 1.807) is 13.2 Å². The molecule has 0 spiro atoms. The Morgan fingerprint density at radius 3 is 2.38 bits per heavy atom. The van der Waals surface area contributed by atoms with E-state index in [0.717, 1.165) is 16.9 Å². The second kappa shape index (κ2) is 6.43. The molecule has 0 fully saturated rings. The van der Waals surface area contributed by atoms with Crippen molar-refractivity contribution in [3.63, 3.8) is 0 Å².